The van der Waals surface area contributed by atoms with Crippen LogP contribution in [-0.4, -0.2) is 11.9 Å². The predicted molar refractivity (Wildman–Crippen MR) is 74.4 cm³/mol. The number of unbranched alkanes of at least 4 members (excludes halogenated alkanes) is 2. The summed E-state index contributed by atoms with van der Waals surface area (Å²) in [4.78, 5) is 13.0. The van der Waals surface area contributed by atoms with E-state index in [4.69, 9.17) is 0 Å². The molecule has 3 heteroatoms. The lowest BCUT2D eigenvalue weighted by Crippen LogP contribution is -2.32. The van der Waals surface area contributed by atoms with Crippen LogP contribution in [0.5, 0.6) is 0 Å². The average molecular weight is 253 g/mol. The van der Waals surface area contributed by atoms with E-state index < -0.39 is 0 Å². The molecule has 96 valence electrons. The van der Waals surface area contributed by atoms with Gasteiger partial charge >= 0.3 is 0 Å². The smallest absolute Gasteiger partial charge is 0.220 e. The molecule has 0 aliphatic rings. The number of rotatable bonds is 8. The zero-order valence-electron chi connectivity index (χ0n) is 10.9. The second-order valence-electron chi connectivity index (χ2n) is 4.54. The first-order valence-electron chi connectivity index (χ1n) is 6.54. The van der Waals surface area contributed by atoms with Crippen LogP contribution in [0.25, 0.3) is 0 Å². The van der Waals surface area contributed by atoms with Crippen molar-refractivity contribution in [2.45, 2.75) is 58.4 Å². The molecule has 1 atom stereocenters. The third-order valence-electron chi connectivity index (χ3n) is 2.83. The van der Waals surface area contributed by atoms with E-state index >= 15 is 0 Å². The quantitative estimate of drug-likeness (QED) is 0.702. The number of aryl methyl sites for hydroxylation is 1. The summed E-state index contributed by atoms with van der Waals surface area (Å²) in [5, 5.41) is 5.12. The van der Waals surface area contributed by atoms with Crippen molar-refractivity contribution in [1.82, 2.24) is 5.32 Å². The van der Waals surface area contributed by atoms with Crippen LogP contribution in [-0.2, 0) is 11.2 Å². The standard InChI is InChI=1S/C14H23NOS/c1-3-4-5-7-12(2)15-14(16)10-9-13-8-6-11-17-13/h6,8,11-12H,3-5,7,9-10H2,1-2H3,(H,15,16). The second-order valence-corrected chi connectivity index (χ2v) is 5.58. The minimum absolute atomic E-state index is 0.183. The number of carbonyl (C=O) groups excluding carboxylic acids is 1. The molecule has 1 heterocycles. The van der Waals surface area contributed by atoms with Crippen molar-refractivity contribution in [3.05, 3.63) is 22.4 Å². The first kappa shape index (κ1) is 14.2. The number of carbonyl (C=O) groups is 1. The minimum Gasteiger partial charge on any atom is -0.354 e. The van der Waals surface area contributed by atoms with Crippen molar-refractivity contribution < 1.29 is 4.79 Å². The van der Waals surface area contributed by atoms with Gasteiger partial charge in [0.05, 0.1) is 0 Å². The van der Waals surface area contributed by atoms with E-state index in [0.29, 0.717) is 12.5 Å². The average Bonchev–Trinajstić information content (AvgIpc) is 2.79. The van der Waals surface area contributed by atoms with Crippen molar-refractivity contribution in [3.8, 4) is 0 Å². The molecule has 0 radical (unpaired) electrons. The summed E-state index contributed by atoms with van der Waals surface area (Å²) >= 11 is 1.72. The highest BCUT2D eigenvalue weighted by molar-refractivity contribution is 7.09. The van der Waals surface area contributed by atoms with Gasteiger partial charge in [-0.25, -0.2) is 0 Å². The fourth-order valence-electron chi connectivity index (χ4n) is 1.81. The first-order valence-corrected chi connectivity index (χ1v) is 7.42. The van der Waals surface area contributed by atoms with E-state index in [1.165, 1.54) is 24.1 Å². The molecular weight excluding hydrogens is 230 g/mol. The van der Waals surface area contributed by atoms with Crippen molar-refractivity contribution >= 4 is 17.2 Å². The first-order chi connectivity index (χ1) is 8.22. The summed E-state index contributed by atoms with van der Waals surface area (Å²) in [6, 6.07) is 4.44. The summed E-state index contributed by atoms with van der Waals surface area (Å²) in [6.45, 7) is 4.29. The number of nitrogens with one attached hydrogen (secondary N) is 1. The van der Waals surface area contributed by atoms with Crippen molar-refractivity contribution in [1.29, 1.82) is 0 Å². The molecule has 0 saturated heterocycles. The molecule has 1 N–H and O–H groups in total. The van der Waals surface area contributed by atoms with E-state index in [2.05, 4.69) is 30.6 Å². The number of hydrogen-bond acceptors (Lipinski definition) is 2. The van der Waals surface area contributed by atoms with Crippen LogP contribution in [0.2, 0.25) is 0 Å². The van der Waals surface area contributed by atoms with Gasteiger partial charge in [-0.1, -0.05) is 32.3 Å². The van der Waals surface area contributed by atoms with E-state index in [9.17, 15) is 4.79 Å². The fourth-order valence-corrected chi connectivity index (χ4v) is 2.52. The normalized spacial score (nSPS) is 12.4. The highest BCUT2D eigenvalue weighted by Gasteiger charge is 2.07. The Balaban J connectivity index is 2.11. The lowest BCUT2D eigenvalue weighted by atomic mass is 10.1. The van der Waals surface area contributed by atoms with Gasteiger partial charge in [-0.05, 0) is 31.2 Å². The number of amides is 1. The van der Waals surface area contributed by atoms with E-state index in [1.54, 1.807) is 11.3 Å². The van der Waals surface area contributed by atoms with Gasteiger partial charge in [0.25, 0.3) is 0 Å². The zero-order valence-corrected chi connectivity index (χ0v) is 11.7. The monoisotopic (exact) mass is 253 g/mol. The maximum Gasteiger partial charge on any atom is 0.220 e. The van der Waals surface area contributed by atoms with Crippen LogP contribution < -0.4 is 5.32 Å². The van der Waals surface area contributed by atoms with Crippen LogP contribution >= 0.6 is 11.3 Å². The minimum atomic E-state index is 0.183. The van der Waals surface area contributed by atoms with Crippen LogP contribution in [0.4, 0.5) is 0 Å². The van der Waals surface area contributed by atoms with Crippen molar-refractivity contribution in [2.24, 2.45) is 0 Å². The summed E-state index contributed by atoms with van der Waals surface area (Å²) in [7, 11) is 0. The van der Waals surface area contributed by atoms with Crippen molar-refractivity contribution in [3.63, 3.8) is 0 Å². The third kappa shape index (κ3) is 6.47. The van der Waals surface area contributed by atoms with Crippen LogP contribution in [0.3, 0.4) is 0 Å². The molecular formula is C14H23NOS. The lowest BCUT2D eigenvalue weighted by molar-refractivity contribution is -0.121. The van der Waals surface area contributed by atoms with Gasteiger partial charge in [-0.2, -0.15) is 0 Å². The van der Waals surface area contributed by atoms with Gasteiger partial charge in [0.2, 0.25) is 5.91 Å². The fraction of sp³-hybridized carbons (Fsp3) is 0.643. The SMILES string of the molecule is CCCCCC(C)NC(=O)CCc1cccs1. The Labute approximate surface area is 108 Å². The molecule has 0 saturated carbocycles. The van der Waals surface area contributed by atoms with Gasteiger partial charge in [0.1, 0.15) is 0 Å². The topological polar surface area (TPSA) is 29.1 Å². The van der Waals surface area contributed by atoms with E-state index in [0.717, 1.165) is 12.8 Å². The highest BCUT2D eigenvalue weighted by atomic mass is 32.1. The maximum absolute atomic E-state index is 11.7. The summed E-state index contributed by atoms with van der Waals surface area (Å²) in [6.07, 6.45) is 6.28. The molecule has 0 aliphatic heterocycles. The Bertz CT molecular complexity index is 308. The Morgan fingerprint density at radius 1 is 1.47 bits per heavy atom. The summed E-state index contributed by atoms with van der Waals surface area (Å²) < 4.78 is 0. The molecule has 0 fully saturated rings. The second kappa shape index (κ2) is 8.29. The Kier molecular flexibility index (Phi) is 6.94. The molecule has 1 amide bonds. The number of hydrogen-bond donors (Lipinski definition) is 1. The summed E-state index contributed by atoms with van der Waals surface area (Å²) in [5.74, 6) is 0.183. The molecule has 2 nitrogen and oxygen atoms in total. The van der Waals surface area contributed by atoms with E-state index in [1.807, 2.05) is 6.07 Å². The Hall–Kier alpha value is -0.830. The Morgan fingerprint density at radius 3 is 2.94 bits per heavy atom. The molecule has 0 aliphatic carbocycles. The third-order valence-corrected chi connectivity index (χ3v) is 3.76. The predicted octanol–water partition coefficient (Wildman–Crippen LogP) is 3.77. The van der Waals surface area contributed by atoms with Gasteiger partial charge in [0.15, 0.2) is 0 Å². The molecule has 1 aromatic rings. The molecule has 17 heavy (non-hydrogen) atoms. The van der Waals surface area contributed by atoms with E-state index in [-0.39, 0.29) is 5.91 Å². The van der Waals surface area contributed by atoms with Gasteiger partial charge in [0, 0.05) is 17.3 Å². The molecule has 1 unspecified atom stereocenters. The molecule has 0 bridgehead atoms. The van der Waals surface area contributed by atoms with Gasteiger partial charge in [-0.3, -0.25) is 4.79 Å². The maximum atomic E-state index is 11.7. The highest BCUT2D eigenvalue weighted by Crippen LogP contribution is 2.11. The molecule has 0 aromatic carbocycles. The van der Waals surface area contributed by atoms with Crippen LogP contribution in [0.1, 0.15) is 50.8 Å². The van der Waals surface area contributed by atoms with Crippen LogP contribution in [0, 0.1) is 0 Å². The van der Waals surface area contributed by atoms with Gasteiger partial charge < -0.3 is 5.32 Å². The molecule has 1 aromatic heterocycles. The zero-order chi connectivity index (χ0) is 12.5. The van der Waals surface area contributed by atoms with Gasteiger partial charge in [-0.15, -0.1) is 11.3 Å². The largest absolute Gasteiger partial charge is 0.354 e. The molecule has 1 rings (SSSR count). The van der Waals surface area contributed by atoms with Crippen molar-refractivity contribution in [2.75, 3.05) is 0 Å². The molecule has 0 spiro atoms. The van der Waals surface area contributed by atoms with Crippen LogP contribution in [0.15, 0.2) is 17.5 Å². The lowest BCUT2D eigenvalue weighted by Gasteiger charge is -2.13. The summed E-state index contributed by atoms with van der Waals surface area (Å²) in [5.41, 5.74) is 0. The number of thiophene rings is 1. The Morgan fingerprint density at radius 2 is 2.29 bits per heavy atom.